The van der Waals surface area contributed by atoms with E-state index in [1.165, 1.54) is 0 Å². The molecule has 0 aliphatic heterocycles. The van der Waals surface area contributed by atoms with E-state index in [1.807, 2.05) is 6.07 Å². The highest BCUT2D eigenvalue weighted by Gasteiger charge is 2.19. The molecule has 0 amide bonds. The van der Waals surface area contributed by atoms with Gasteiger partial charge in [-0.3, -0.25) is 9.89 Å². The Morgan fingerprint density at radius 3 is 2.71 bits per heavy atom. The first-order valence-corrected chi connectivity index (χ1v) is 7.78. The zero-order valence-electron chi connectivity index (χ0n) is 14.0. The Bertz CT molecular complexity index is 789. The van der Waals surface area contributed by atoms with Crippen molar-refractivity contribution in [2.45, 2.75) is 39.5 Å². The van der Waals surface area contributed by atoms with Crippen molar-refractivity contribution in [3.8, 4) is 17.3 Å². The van der Waals surface area contributed by atoms with E-state index >= 15 is 0 Å². The average Bonchev–Trinajstić information content (AvgIpc) is 2.93. The first kappa shape index (κ1) is 17.5. The van der Waals surface area contributed by atoms with Gasteiger partial charge in [-0.1, -0.05) is 20.8 Å². The SMILES string of the molecule is CC(C)Cc1cc(-c2cc(C(C)CC(=O)O)nc(N)c2C#N)n[nH]1. The monoisotopic (exact) mass is 327 g/mol. The first-order chi connectivity index (χ1) is 11.3. The molecule has 2 rings (SSSR count). The Labute approximate surface area is 140 Å². The highest BCUT2D eigenvalue weighted by molar-refractivity contribution is 5.74. The van der Waals surface area contributed by atoms with E-state index in [0.29, 0.717) is 22.9 Å². The van der Waals surface area contributed by atoms with E-state index in [0.717, 1.165) is 12.1 Å². The Morgan fingerprint density at radius 2 is 2.12 bits per heavy atom. The molecule has 0 saturated carbocycles. The number of nitrogen functional groups attached to an aromatic ring is 1. The summed E-state index contributed by atoms with van der Waals surface area (Å²) in [6, 6.07) is 5.66. The topological polar surface area (TPSA) is 129 Å². The van der Waals surface area contributed by atoms with E-state index < -0.39 is 5.97 Å². The third-order valence-corrected chi connectivity index (χ3v) is 3.70. The molecule has 0 spiro atoms. The molecule has 24 heavy (non-hydrogen) atoms. The summed E-state index contributed by atoms with van der Waals surface area (Å²) in [6.45, 7) is 5.98. The van der Waals surface area contributed by atoms with E-state index in [1.54, 1.807) is 13.0 Å². The second-order valence-corrected chi connectivity index (χ2v) is 6.34. The molecule has 0 bridgehead atoms. The average molecular weight is 327 g/mol. The van der Waals surface area contributed by atoms with Crippen molar-refractivity contribution < 1.29 is 9.90 Å². The minimum atomic E-state index is -0.909. The number of aromatic nitrogens is 3. The van der Waals surface area contributed by atoms with Gasteiger partial charge in [0.25, 0.3) is 0 Å². The molecule has 1 unspecified atom stereocenters. The number of aromatic amines is 1. The number of anilines is 1. The molecule has 0 aliphatic carbocycles. The second-order valence-electron chi connectivity index (χ2n) is 6.34. The van der Waals surface area contributed by atoms with Crippen LogP contribution in [0.3, 0.4) is 0 Å². The molecular formula is C17H21N5O2. The summed E-state index contributed by atoms with van der Waals surface area (Å²) in [5, 5.41) is 25.6. The van der Waals surface area contributed by atoms with Gasteiger partial charge in [0.05, 0.1) is 12.1 Å². The molecule has 0 radical (unpaired) electrons. The number of nitrogens with two attached hydrogens (primary N) is 1. The standard InChI is InChI=1S/C17H21N5O2/c1-9(2)4-11-6-15(22-21-11)12-7-14(10(3)5-16(23)24)20-17(19)13(12)8-18/h6-7,9-10H,4-5H2,1-3H3,(H2,19,20)(H,21,22)(H,23,24). The molecule has 2 heterocycles. The van der Waals surface area contributed by atoms with E-state index in [4.69, 9.17) is 10.8 Å². The van der Waals surface area contributed by atoms with Gasteiger partial charge in [-0.2, -0.15) is 10.4 Å². The van der Waals surface area contributed by atoms with Gasteiger partial charge in [-0.15, -0.1) is 0 Å². The Hall–Kier alpha value is -2.88. The van der Waals surface area contributed by atoms with Crippen molar-refractivity contribution in [2.24, 2.45) is 5.92 Å². The summed E-state index contributed by atoms with van der Waals surface area (Å²) in [5.74, 6) is -0.656. The largest absolute Gasteiger partial charge is 0.481 e. The molecule has 2 aromatic rings. The molecule has 7 nitrogen and oxygen atoms in total. The van der Waals surface area contributed by atoms with Gasteiger partial charge in [0.1, 0.15) is 17.5 Å². The number of hydrogen-bond donors (Lipinski definition) is 3. The predicted molar refractivity (Wildman–Crippen MR) is 90.2 cm³/mol. The Kier molecular flexibility index (Phi) is 5.19. The van der Waals surface area contributed by atoms with Crippen molar-refractivity contribution in [2.75, 3.05) is 5.73 Å². The maximum atomic E-state index is 10.9. The molecule has 1 atom stereocenters. The maximum Gasteiger partial charge on any atom is 0.304 e. The molecule has 126 valence electrons. The van der Waals surface area contributed by atoms with Crippen LogP contribution in [0, 0.1) is 17.2 Å². The fourth-order valence-corrected chi connectivity index (χ4v) is 2.57. The Balaban J connectivity index is 2.47. The summed E-state index contributed by atoms with van der Waals surface area (Å²) in [6.07, 6.45) is 0.786. The number of carboxylic acid groups (broad SMARTS) is 1. The van der Waals surface area contributed by atoms with Crippen LogP contribution in [0.4, 0.5) is 5.82 Å². The second kappa shape index (κ2) is 7.13. The van der Waals surface area contributed by atoms with Crippen molar-refractivity contribution >= 4 is 11.8 Å². The highest BCUT2D eigenvalue weighted by atomic mass is 16.4. The van der Waals surface area contributed by atoms with E-state index in [-0.39, 0.29) is 23.7 Å². The number of nitrogens with one attached hydrogen (secondary N) is 1. The van der Waals surface area contributed by atoms with Crippen LogP contribution in [0.25, 0.3) is 11.3 Å². The van der Waals surface area contributed by atoms with Crippen molar-refractivity contribution in [1.82, 2.24) is 15.2 Å². The number of nitrogens with zero attached hydrogens (tertiary/aromatic N) is 3. The summed E-state index contributed by atoms with van der Waals surface area (Å²) in [7, 11) is 0. The zero-order valence-corrected chi connectivity index (χ0v) is 14.0. The Morgan fingerprint density at radius 1 is 1.42 bits per heavy atom. The fourth-order valence-electron chi connectivity index (χ4n) is 2.57. The quantitative estimate of drug-likeness (QED) is 0.748. The van der Waals surface area contributed by atoms with Gasteiger partial charge < -0.3 is 10.8 Å². The van der Waals surface area contributed by atoms with Crippen LogP contribution in [0.1, 0.15) is 50.1 Å². The lowest BCUT2D eigenvalue weighted by molar-refractivity contribution is -0.137. The summed E-state index contributed by atoms with van der Waals surface area (Å²) in [4.78, 5) is 15.1. The van der Waals surface area contributed by atoms with Gasteiger partial charge in [-0.05, 0) is 24.5 Å². The molecule has 4 N–H and O–H groups in total. The van der Waals surface area contributed by atoms with Gasteiger partial charge >= 0.3 is 5.97 Å². The van der Waals surface area contributed by atoms with Crippen LogP contribution < -0.4 is 5.73 Å². The van der Waals surface area contributed by atoms with Crippen molar-refractivity contribution in [3.63, 3.8) is 0 Å². The van der Waals surface area contributed by atoms with Crippen LogP contribution in [0.15, 0.2) is 12.1 Å². The van der Waals surface area contributed by atoms with E-state index in [2.05, 4.69) is 35.1 Å². The zero-order chi connectivity index (χ0) is 17.9. The van der Waals surface area contributed by atoms with Gasteiger partial charge in [0.2, 0.25) is 0 Å². The summed E-state index contributed by atoms with van der Waals surface area (Å²) < 4.78 is 0. The lowest BCUT2D eigenvalue weighted by atomic mass is 9.97. The van der Waals surface area contributed by atoms with Crippen LogP contribution in [0.2, 0.25) is 0 Å². The molecular weight excluding hydrogens is 306 g/mol. The minimum Gasteiger partial charge on any atom is -0.481 e. The lowest BCUT2D eigenvalue weighted by Crippen LogP contribution is -2.08. The number of carboxylic acids is 1. The number of nitriles is 1. The first-order valence-electron chi connectivity index (χ1n) is 7.78. The van der Waals surface area contributed by atoms with Crippen molar-refractivity contribution in [3.05, 3.63) is 29.1 Å². The number of carbonyl (C=O) groups is 1. The van der Waals surface area contributed by atoms with Crippen LogP contribution >= 0.6 is 0 Å². The van der Waals surface area contributed by atoms with Gasteiger partial charge in [0.15, 0.2) is 0 Å². The number of hydrogen-bond acceptors (Lipinski definition) is 5. The van der Waals surface area contributed by atoms with E-state index in [9.17, 15) is 10.1 Å². The molecule has 0 aliphatic rings. The molecule has 7 heteroatoms. The van der Waals surface area contributed by atoms with Crippen molar-refractivity contribution in [1.29, 1.82) is 5.26 Å². The lowest BCUT2D eigenvalue weighted by Gasteiger charge is -2.12. The number of rotatable bonds is 6. The minimum absolute atomic E-state index is 0.0586. The normalized spacial score (nSPS) is 12.1. The molecule has 0 aromatic carbocycles. The highest BCUT2D eigenvalue weighted by Crippen LogP contribution is 2.30. The third kappa shape index (κ3) is 3.90. The van der Waals surface area contributed by atoms with Gasteiger partial charge in [0, 0.05) is 22.9 Å². The molecule has 2 aromatic heterocycles. The van der Waals surface area contributed by atoms with Crippen LogP contribution in [-0.4, -0.2) is 26.3 Å². The number of pyridine rings is 1. The van der Waals surface area contributed by atoms with Crippen LogP contribution in [-0.2, 0) is 11.2 Å². The third-order valence-electron chi connectivity index (χ3n) is 3.70. The van der Waals surface area contributed by atoms with Gasteiger partial charge in [-0.25, -0.2) is 4.98 Å². The molecule has 0 saturated heterocycles. The smallest absolute Gasteiger partial charge is 0.304 e. The molecule has 0 fully saturated rings. The number of H-pyrrole nitrogens is 1. The maximum absolute atomic E-state index is 10.9. The predicted octanol–water partition coefficient (Wildman–Crippen LogP) is 2.70. The summed E-state index contributed by atoms with van der Waals surface area (Å²) >= 11 is 0. The van der Waals surface area contributed by atoms with Crippen LogP contribution in [0.5, 0.6) is 0 Å². The number of aliphatic carboxylic acids is 1. The fraction of sp³-hybridized carbons (Fsp3) is 0.412. The summed E-state index contributed by atoms with van der Waals surface area (Å²) in [5.41, 5.74) is 8.86.